The summed E-state index contributed by atoms with van der Waals surface area (Å²) < 4.78 is 18.0. The molecular formula is C19H20FNO3. The summed E-state index contributed by atoms with van der Waals surface area (Å²) in [6, 6.07) is 12.3. The number of benzene rings is 2. The van der Waals surface area contributed by atoms with Crippen LogP contribution in [0, 0.1) is 5.82 Å². The second-order valence-electron chi connectivity index (χ2n) is 5.42. The van der Waals surface area contributed by atoms with E-state index < -0.39 is 0 Å². The van der Waals surface area contributed by atoms with E-state index in [4.69, 9.17) is 4.74 Å². The fourth-order valence-electron chi connectivity index (χ4n) is 2.08. The third-order valence-electron chi connectivity index (χ3n) is 3.41. The lowest BCUT2D eigenvalue weighted by Crippen LogP contribution is -2.14. The maximum Gasteiger partial charge on any atom is 0.338 e. The number of carbonyl (C=O) groups is 2. The molecule has 0 heterocycles. The molecule has 5 heteroatoms. The quantitative estimate of drug-likeness (QED) is 0.618. The molecule has 0 aliphatic rings. The Morgan fingerprint density at radius 2 is 1.71 bits per heavy atom. The fourth-order valence-corrected chi connectivity index (χ4v) is 2.08. The van der Waals surface area contributed by atoms with E-state index in [0.29, 0.717) is 17.9 Å². The number of hydrogen-bond acceptors (Lipinski definition) is 3. The Morgan fingerprint density at radius 3 is 2.33 bits per heavy atom. The van der Waals surface area contributed by atoms with Crippen molar-refractivity contribution in [3.05, 3.63) is 65.5 Å². The van der Waals surface area contributed by atoms with Crippen LogP contribution in [0.15, 0.2) is 48.5 Å². The first kappa shape index (κ1) is 17.7. The Bertz CT molecular complexity index is 681. The zero-order chi connectivity index (χ0) is 17.4. The Morgan fingerprint density at radius 1 is 1.04 bits per heavy atom. The topological polar surface area (TPSA) is 55.4 Å². The number of ether oxygens (including phenoxy) is 1. The second-order valence-corrected chi connectivity index (χ2v) is 5.42. The van der Waals surface area contributed by atoms with Crippen LogP contribution < -0.4 is 5.32 Å². The maximum atomic E-state index is 12.8. The van der Waals surface area contributed by atoms with E-state index in [9.17, 15) is 14.0 Å². The molecular weight excluding hydrogens is 309 g/mol. The van der Waals surface area contributed by atoms with E-state index >= 15 is 0 Å². The molecule has 0 unspecified atom stereocenters. The number of nitrogens with one attached hydrogen (secondary N) is 1. The third-order valence-corrected chi connectivity index (χ3v) is 3.41. The normalized spacial score (nSPS) is 10.2. The fraction of sp³-hybridized carbons (Fsp3) is 0.263. The van der Waals surface area contributed by atoms with Crippen LogP contribution >= 0.6 is 0 Å². The van der Waals surface area contributed by atoms with Gasteiger partial charge in [0, 0.05) is 5.69 Å². The lowest BCUT2D eigenvalue weighted by molar-refractivity contribution is -0.115. The molecule has 0 spiro atoms. The summed E-state index contributed by atoms with van der Waals surface area (Å²) in [6.45, 7) is 2.43. The van der Waals surface area contributed by atoms with Gasteiger partial charge in [0.25, 0.3) is 0 Å². The molecule has 2 aromatic carbocycles. The Hall–Kier alpha value is -2.69. The first-order valence-electron chi connectivity index (χ1n) is 7.90. The molecule has 0 saturated heterocycles. The molecule has 4 nitrogen and oxygen atoms in total. The summed E-state index contributed by atoms with van der Waals surface area (Å²) in [7, 11) is 0. The SMILES string of the molecule is CCCCOC(=O)c1ccc(NC(=O)Cc2ccc(F)cc2)cc1. The minimum Gasteiger partial charge on any atom is -0.462 e. The summed E-state index contributed by atoms with van der Waals surface area (Å²) in [6.07, 6.45) is 1.96. The van der Waals surface area contributed by atoms with E-state index in [2.05, 4.69) is 5.32 Å². The Labute approximate surface area is 140 Å². The van der Waals surface area contributed by atoms with Crippen molar-refractivity contribution >= 4 is 17.6 Å². The van der Waals surface area contributed by atoms with Crippen molar-refractivity contribution in [1.82, 2.24) is 0 Å². The van der Waals surface area contributed by atoms with Gasteiger partial charge in [0.05, 0.1) is 18.6 Å². The van der Waals surface area contributed by atoms with E-state index in [1.165, 1.54) is 12.1 Å². The molecule has 0 bridgehead atoms. The number of hydrogen-bond donors (Lipinski definition) is 1. The van der Waals surface area contributed by atoms with Gasteiger partial charge in [-0.05, 0) is 48.4 Å². The van der Waals surface area contributed by atoms with Gasteiger partial charge < -0.3 is 10.1 Å². The number of carbonyl (C=O) groups excluding carboxylic acids is 2. The molecule has 2 aromatic rings. The average molecular weight is 329 g/mol. The number of amides is 1. The van der Waals surface area contributed by atoms with Crippen LogP contribution in [-0.2, 0) is 16.0 Å². The zero-order valence-corrected chi connectivity index (χ0v) is 13.5. The summed E-state index contributed by atoms with van der Waals surface area (Å²) in [5, 5.41) is 2.74. The first-order chi connectivity index (χ1) is 11.6. The van der Waals surface area contributed by atoms with Crippen molar-refractivity contribution in [2.75, 3.05) is 11.9 Å². The highest BCUT2D eigenvalue weighted by Crippen LogP contribution is 2.12. The molecule has 0 aliphatic heterocycles. The van der Waals surface area contributed by atoms with Crippen molar-refractivity contribution in [1.29, 1.82) is 0 Å². The summed E-state index contributed by atoms with van der Waals surface area (Å²) in [5.74, 6) is -0.909. The van der Waals surface area contributed by atoms with Crippen LogP contribution in [0.1, 0.15) is 35.7 Å². The molecule has 0 fully saturated rings. The van der Waals surface area contributed by atoms with Gasteiger partial charge in [-0.3, -0.25) is 4.79 Å². The second kappa shape index (κ2) is 8.82. The van der Waals surface area contributed by atoms with Crippen molar-refractivity contribution in [3.63, 3.8) is 0 Å². The highest BCUT2D eigenvalue weighted by Gasteiger charge is 2.08. The molecule has 2 rings (SSSR count). The monoisotopic (exact) mass is 329 g/mol. The number of esters is 1. The summed E-state index contributed by atoms with van der Waals surface area (Å²) >= 11 is 0. The Balaban J connectivity index is 1.87. The molecule has 0 atom stereocenters. The van der Waals surface area contributed by atoms with Gasteiger partial charge in [-0.25, -0.2) is 9.18 Å². The van der Waals surface area contributed by atoms with Gasteiger partial charge in [-0.2, -0.15) is 0 Å². The molecule has 0 saturated carbocycles. The molecule has 0 radical (unpaired) electrons. The standard InChI is InChI=1S/C19H20FNO3/c1-2-3-12-24-19(23)15-6-10-17(11-7-15)21-18(22)13-14-4-8-16(20)9-5-14/h4-11H,2-3,12-13H2,1H3,(H,21,22). The van der Waals surface area contributed by atoms with Crippen LogP contribution in [0.2, 0.25) is 0 Å². The smallest absolute Gasteiger partial charge is 0.338 e. The zero-order valence-electron chi connectivity index (χ0n) is 13.5. The van der Waals surface area contributed by atoms with Crippen LogP contribution in [-0.4, -0.2) is 18.5 Å². The number of unbranched alkanes of at least 4 members (excludes halogenated alkanes) is 1. The van der Waals surface area contributed by atoms with Crippen LogP contribution in [0.3, 0.4) is 0 Å². The van der Waals surface area contributed by atoms with Crippen LogP contribution in [0.4, 0.5) is 10.1 Å². The third kappa shape index (κ3) is 5.50. The summed E-state index contributed by atoms with van der Waals surface area (Å²) in [4.78, 5) is 23.7. The number of halogens is 1. The maximum absolute atomic E-state index is 12.8. The molecule has 1 N–H and O–H groups in total. The van der Waals surface area contributed by atoms with E-state index in [-0.39, 0.29) is 24.1 Å². The van der Waals surface area contributed by atoms with Gasteiger partial charge in [0.2, 0.25) is 5.91 Å². The van der Waals surface area contributed by atoms with Crippen molar-refractivity contribution in [2.45, 2.75) is 26.2 Å². The first-order valence-corrected chi connectivity index (χ1v) is 7.90. The van der Waals surface area contributed by atoms with Crippen molar-refractivity contribution in [3.8, 4) is 0 Å². The molecule has 0 aliphatic carbocycles. The van der Waals surface area contributed by atoms with Crippen molar-refractivity contribution in [2.24, 2.45) is 0 Å². The minimum absolute atomic E-state index is 0.154. The predicted molar refractivity (Wildman–Crippen MR) is 90.4 cm³/mol. The van der Waals surface area contributed by atoms with E-state index in [1.54, 1.807) is 36.4 Å². The number of anilines is 1. The van der Waals surface area contributed by atoms with Gasteiger partial charge in [-0.1, -0.05) is 25.5 Å². The van der Waals surface area contributed by atoms with Crippen LogP contribution in [0.25, 0.3) is 0 Å². The lowest BCUT2D eigenvalue weighted by Gasteiger charge is -2.07. The van der Waals surface area contributed by atoms with Gasteiger partial charge in [0.1, 0.15) is 5.82 Å². The number of rotatable bonds is 7. The molecule has 0 aromatic heterocycles. The highest BCUT2D eigenvalue weighted by molar-refractivity contribution is 5.94. The molecule has 126 valence electrons. The largest absolute Gasteiger partial charge is 0.462 e. The Kier molecular flexibility index (Phi) is 6.49. The molecule has 1 amide bonds. The highest BCUT2D eigenvalue weighted by atomic mass is 19.1. The molecule has 24 heavy (non-hydrogen) atoms. The van der Waals surface area contributed by atoms with E-state index in [1.807, 2.05) is 6.92 Å². The summed E-state index contributed by atoms with van der Waals surface area (Å²) in [5.41, 5.74) is 1.76. The van der Waals surface area contributed by atoms with Crippen molar-refractivity contribution < 1.29 is 18.7 Å². The minimum atomic E-state index is -0.368. The lowest BCUT2D eigenvalue weighted by atomic mass is 10.1. The van der Waals surface area contributed by atoms with Gasteiger partial charge in [-0.15, -0.1) is 0 Å². The van der Waals surface area contributed by atoms with Gasteiger partial charge in [0.15, 0.2) is 0 Å². The van der Waals surface area contributed by atoms with Gasteiger partial charge >= 0.3 is 5.97 Å². The van der Waals surface area contributed by atoms with Crippen LogP contribution in [0.5, 0.6) is 0 Å². The average Bonchev–Trinajstić information content (AvgIpc) is 2.58. The predicted octanol–water partition coefficient (Wildman–Crippen LogP) is 3.96. The van der Waals surface area contributed by atoms with E-state index in [0.717, 1.165) is 18.4 Å².